The van der Waals surface area contributed by atoms with Gasteiger partial charge in [0.1, 0.15) is 10.7 Å². The molecule has 0 radical (unpaired) electrons. The molecule has 146 valence electrons. The van der Waals surface area contributed by atoms with Crippen LogP contribution in [0.2, 0.25) is 0 Å². The van der Waals surface area contributed by atoms with Gasteiger partial charge in [-0.2, -0.15) is 13.2 Å². The number of hydrogen-bond acceptors (Lipinski definition) is 4. The van der Waals surface area contributed by atoms with E-state index in [-0.39, 0.29) is 11.6 Å². The lowest BCUT2D eigenvalue weighted by molar-refractivity contribution is -0.137. The first kappa shape index (κ1) is 19.8. The predicted octanol–water partition coefficient (Wildman–Crippen LogP) is 4.29. The third kappa shape index (κ3) is 5.29. The average Bonchev–Trinajstić information content (AvgIpc) is 3.31. The molecule has 1 N–H and O–H groups in total. The fraction of sp³-hybridized carbons (Fsp3) is 0.474. The summed E-state index contributed by atoms with van der Waals surface area (Å²) >= 11 is 1.16. The van der Waals surface area contributed by atoms with Crippen molar-refractivity contribution in [3.05, 3.63) is 40.9 Å². The number of nitrogens with zero attached hydrogens (tertiary/aromatic N) is 2. The van der Waals surface area contributed by atoms with Gasteiger partial charge in [0, 0.05) is 24.0 Å². The minimum Gasteiger partial charge on any atom is -0.350 e. The van der Waals surface area contributed by atoms with Crippen molar-refractivity contribution in [3.8, 4) is 10.6 Å². The molecule has 1 amide bonds. The van der Waals surface area contributed by atoms with Crippen LogP contribution in [0.3, 0.4) is 0 Å². The molecule has 0 spiro atoms. The highest BCUT2D eigenvalue weighted by Crippen LogP contribution is 2.33. The fourth-order valence-electron chi connectivity index (χ4n) is 3.17. The molecule has 1 aromatic heterocycles. The molecular weight excluding hydrogens is 375 g/mol. The van der Waals surface area contributed by atoms with Crippen LogP contribution in [0.5, 0.6) is 0 Å². The summed E-state index contributed by atoms with van der Waals surface area (Å²) in [5.74, 6) is 0.0337. The summed E-state index contributed by atoms with van der Waals surface area (Å²) in [7, 11) is 0. The molecule has 3 rings (SSSR count). The molecule has 0 saturated carbocycles. The summed E-state index contributed by atoms with van der Waals surface area (Å²) in [6, 6.07) is 4.98. The molecule has 1 aliphatic heterocycles. The first-order valence-corrected chi connectivity index (χ1v) is 9.84. The van der Waals surface area contributed by atoms with Gasteiger partial charge < -0.3 is 10.2 Å². The maximum atomic E-state index is 12.9. The normalized spacial score (nSPS) is 16.4. The van der Waals surface area contributed by atoms with Crippen molar-refractivity contribution in [2.75, 3.05) is 26.2 Å². The molecular formula is C19H22F3N3OS. The first-order chi connectivity index (χ1) is 12.8. The molecule has 27 heavy (non-hydrogen) atoms. The Balaban J connectivity index is 1.59. The maximum absolute atomic E-state index is 12.9. The number of benzene rings is 1. The van der Waals surface area contributed by atoms with Gasteiger partial charge in [-0.15, -0.1) is 11.3 Å². The van der Waals surface area contributed by atoms with E-state index in [9.17, 15) is 18.0 Å². The summed E-state index contributed by atoms with van der Waals surface area (Å²) in [5, 5.41) is 4.85. The fourth-order valence-corrected chi connectivity index (χ4v) is 3.96. The Hall–Kier alpha value is -1.93. The second kappa shape index (κ2) is 8.39. The molecule has 1 fully saturated rings. The Kier molecular flexibility index (Phi) is 6.16. The van der Waals surface area contributed by atoms with Crippen LogP contribution >= 0.6 is 11.3 Å². The Labute approximate surface area is 160 Å². The number of aromatic nitrogens is 1. The lowest BCUT2D eigenvalue weighted by Gasteiger charge is -2.20. The number of nitrogens with one attached hydrogen (secondary N) is 1. The number of halogens is 3. The molecule has 8 heteroatoms. The number of likely N-dealkylation sites (tertiary alicyclic amines) is 1. The Morgan fingerprint density at radius 1 is 1.33 bits per heavy atom. The molecule has 0 bridgehead atoms. The standard InChI is InChI=1S/C19H22F3N3OS/c1-13(11-25-7-2-3-8-25)10-23-17(26)16-12-27-18(24-16)14-5-4-6-15(9-14)19(20,21)22/h4-6,9,12-13H,2-3,7-8,10-11H2,1H3,(H,23,26). The van der Waals surface area contributed by atoms with E-state index in [0.29, 0.717) is 23.0 Å². The van der Waals surface area contributed by atoms with Gasteiger partial charge >= 0.3 is 6.18 Å². The van der Waals surface area contributed by atoms with Gasteiger partial charge in [-0.05, 0) is 44.0 Å². The molecule has 4 nitrogen and oxygen atoms in total. The quantitative estimate of drug-likeness (QED) is 0.791. The van der Waals surface area contributed by atoms with Gasteiger partial charge in [-0.3, -0.25) is 4.79 Å². The minimum absolute atomic E-state index is 0.237. The largest absolute Gasteiger partial charge is 0.416 e. The average molecular weight is 397 g/mol. The van der Waals surface area contributed by atoms with E-state index < -0.39 is 11.7 Å². The second-order valence-corrected chi connectivity index (χ2v) is 7.80. The number of rotatable bonds is 6. The van der Waals surface area contributed by atoms with Crippen molar-refractivity contribution in [2.24, 2.45) is 5.92 Å². The summed E-state index contributed by atoms with van der Waals surface area (Å²) < 4.78 is 38.6. The van der Waals surface area contributed by atoms with Crippen LogP contribution in [0, 0.1) is 5.92 Å². The van der Waals surface area contributed by atoms with Crippen molar-refractivity contribution < 1.29 is 18.0 Å². The van der Waals surface area contributed by atoms with E-state index in [0.717, 1.165) is 43.1 Å². The summed E-state index contributed by atoms with van der Waals surface area (Å²) in [6.07, 6.45) is -1.94. The zero-order chi connectivity index (χ0) is 19.4. The van der Waals surface area contributed by atoms with Crippen molar-refractivity contribution >= 4 is 17.2 Å². The summed E-state index contributed by atoms with van der Waals surface area (Å²) in [4.78, 5) is 18.9. The lowest BCUT2D eigenvalue weighted by atomic mass is 10.1. The number of amides is 1. The van der Waals surface area contributed by atoms with Crippen molar-refractivity contribution in [1.82, 2.24) is 15.2 Å². The number of carbonyl (C=O) groups is 1. The van der Waals surface area contributed by atoms with E-state index >= 15 is 0 Å². The smallest absolute Gasteiger partial charge is 0.350 e. The molecule has 2 heterocycles. The third-order valence-electron chi connectivity index (χ3n) is 4.55. The van der Waals surface area contributed by atoms with Gasteiger partial charge in [-0.1, -0.05) is 19.1 Å². The van der Waals surface area contributed by atoms with Crippen LogP contribution in [0.1, 0.15) is 35.8 Å². The van der Waals surface area contributed by atoms with Crippen LogP contribution in [0.25, 0.3) is 10.6 Å². The topological polar surface area (TPSA) is 45.2 Å². The zero-order valence-electron chi connectivity index (χ0n) is 15.1. The highest BCUT2D eigenvalue weighted by molar-refractivity contribution is 7.13. The second-order valence-electron chi connectivity index (χ2n) is 6.94. The predicted molar refractivity (Wildman–Crippen MR) is 99.7 cm³/mol. The van der Waals surface area contributed by atoms with Crippen molar-refractivity contribution in [1.29, 1.82) is 0 Å². The van der Waals surface area contributed by atoms with Crippen LogP contribution < -0.4 is 5.32 Å². The van der Waals surface area contributed by atoms with Crippen LogP contribution in [0.4, 0.5) is 13.2 Å². The molecule has 1 aromatic carbocycles. The van der Waals surface area contributed by atoms with Crippen molar-refractivity contribution in [3.63, 3.8) is 0 Å². The van der Waals surface area contributed by atoms with Crippen LogP contribution in [-0.4, -0.2) is 42.0 Å². The lowest BCUT2D eigenvalue weighted by Crippen LogP contribution is -2.34. The monoisotopic (exact) mass is 397 g/mol. The highest BCUT2D eigenvalue weighted by atomic mass is 32.1. The zero-order valence-corrected chi connectivity index (χ0v) is 15.9. The maximum Gasteiger partial charge on any atom is 0.416 e. The van der Waals surface area contributed by atoms with Gasteiger partial charge in [0.25, 0.3) is 5.91 Å². The molecule has 1 aliphatic rings. The Morgan fingerprint density at radius 2 is 2.07 bits per heavy atom. The summed E-state index contributed by atoms with van der Waals surface area (Å²) in [5.41, 5.74) is -0.131. The number of thiazole rings is 1. The van der Waals surface area contributed by atoms with Crippen LogP contribution in [0.15, 0.2) is 29.6 Å². The Bertz CT molecular complexity index is 785. The number of alkyl halides is 3. The molecule has 1 saturated heterocycles. The van der Waals surface area contributed by atoms with Crippen LogP contribution in [-0.2, 0) is 6.18 Å². The van der Waals surface area contributed by atoms with Gasteiger partial charge in [0.2, 0.25) is 0 Å². The number of carbonyl (C=O) groups excluding carboxylic acids is 1. The van der Waals surface area contributed by atoms with E-state index in [1.54, 1.807) is 11.4 Å². The highest BCUT2D eigenvalue weighted by Gasteiger charge is 2.30. The first-order valence-electron chi connectivity index (χ1n) is 8.96. The van der Waals surface area contributed by atoms with Crippen molar-refractivity contribution in [2.45, 2.75) is 25.9 Å². The molecule has 0 aliphatic carbocycles. The third-order valence-corrected chi connectivity index (χ3v) is 5.44. The van der Waals surface area contributed by atoms with E-state index in [4.69, 9.17) is 0 Å². The Morgan fingerprint density at radius 3 is 2.78 bits per heavy atom. The SMILES string of the molecule is CC(CNC(=O)c1csc(-c2cccc(C(F)(F)F)c2)n1)CN1CCCC1. The summed E-state index contributed by atoms with van der Waals surface area (Å²) in [6.45, 7) is 5.82. The number of hydrogen-bond donors (Lipinski definition) is 1. The molecule has 1 atom stereocenters. The van der Waals surface area contributed by atoms with E-state index in [1.807, 2.05) is 0 Å². The van der Waals surface area contributed by atoms with E-state index in [1.165, 1.54) is 18.9 Å². The molecule has 1 unspecified atom stereocenters. The van der Waals surface area contributed by atoms with Gasteiger partial charge in [0.05, 0.1) is 5.56 Å². The van der Waals surface area contributed by atoms with Gasteiger partial charge in [0.15, 0.2) is 0 Å². The molecule has 2 aromatic rings. The van der Waals surface area contributed by atoms with Gasteiger partial charge in [-0.25, -0.2) is 4.98 Å². The minimum atomic E-state index is -4.40. The van der Waals surface area contributed by atoms with E-state index in [2.05, 4.69) is 22.1 Å².